The van der Waals surface area contributed by atoms with E-state index in [1.165, 1.54) is 18.5 Å². The average Bonchev–Trinajstić information content (AvgIpc) is 3.43. The number of carboxylic acid groups (broad SMARTS) is 1. The fourth-order valence-electron chi connectivity index (χ4n) is 3.70. The number of carboxylic acids is 1. The second-order valence-electron chi connectivity index (χ2n) is 7.64. The Bertz CT molecular complexity index is 1600. The average molecular weight is 555 g/mol. The molecule has 3 heterocycles. The highest BCUT2D eigenvalue weighted by molar-refractivity contribution is 6.43. The molecule has 0 aliphatic heterocycles. The highest BCUT2D eigenvalue weighted by atomic mass is 35.5. The largest absolute Gasteiger partial charge is 0.490 e. The van der Waals surface area contributed by atoms with Gasteiger partial charge in [-0.3, -0.25) is 0 Å². The molecule has 192 valence electrons. The Morgan fingerprint density at radius 2 is 1.84 bits per heavy atom. The molecule has 2 aromatic carbocycles. The van der Waals surface area contributed by atoms with Crippen molar-refractivity contribution < 1.29 is 27.5 Å². The third-order valence-electron chi connectivity index (χ3n) is 5.21. The molecule has 5 rings (SSSR count). The van der Waals surface area contributed by atoms with Gasteiger partial charge in [-0.05, 0) is 37.3 Å². The van der Waals surface area contributed by atoms with Crippen LogP contribution < -0.4 is 5.32 Å². The molecule has 37 heavy (non-hydrogen) atoms. The van der Waals surface area contributed by atoms with Crippen molar-refractivity contribution in [2.45, 2.75) is 19.1 Å². The minimum Gasteiger partial charge on any atom is -0.475 e. The van der Waals surface area contributed by atoms with E-state index in [0.717, 1.165) is 11.2 Å². The molecule has 0 amide bonds. The van der Waals surface area contributed by atoms with Crippen LogP contribution in [0.25, 0.3) is 27.8 Å². The molecule has 1 unspecified atom stereocenters. The first-order chi connectivity index (χ1) is 17.5. The van der Waals surface area contributed by atoms with Crippen LogP contribution in [-0.4, -0.2) is 41.8 Å². The molecular weight excluding hydrogens is 539 g/mol. The number of aromatic amines is 1. The van der Waals surface area contributed by atoms with Crippen LogP contribution in [0.4, 0.5) is 23.4 Å². The molecule has 5 aromatic rings. The first-order valence-electron chi connectivity index (χ1n) is 10.4. The lowest BCUT2D eigenvalue weighted by molar-refractivity contribution is -0.192. The minimum absolute atomic E-state index is 0.300. The molecule has 0 aliphatic rings. The van der Waals surface area contributed by atoms with Crippen LogP contribution in [0.5, 0.6) is 0 Å². The van der Waals surface area contributed by atoms with Crippen LogP contribution in [0.15, 0.2) is 55.1 Å². The molecule has 3 aromatic heterocycles. The summed E-state index contributed by atoms with van der Waals surface area (Å²) in [6.07, 6.45) is -2.08. The molecule has 1 atom stereocenters. The monoisotopic (exact) mass is 554 g/mol. The maximum Gasteiger partial charge on any atom is 0.490 e. The number of hydrogen-bond donors (Lipinski definition) is 3. The number of carbonyl (C=O) groups is 1. The molecule has 0 spiro atoms. The van der Waals surface area contributed by atoms with Gasteiger partial charge in [0.2, 0.25) is 0 Å². The van der Waals surface area contributed by atoms with Gasteiger partial charge in [0.1, 0.15) is 17.7 Å². The van der Waals surface area contributed by atoms with Gasteiger partial charge in [-0.15, -0.1) is 0 Å². The van der Waals surface area contributed by atoms with Crippen LogP contribution in [0.2, 0.25) is 10.0 Å². The normalized spacial score (nSPS) is 12.3. The highest BCUT2D eigenvalue weighted by Gasteiger charge is 2.38. The van der Waals surface area contributed by atoms with Crippen LogP contribution in [-0.2, 0) is 4.79 Å². The summed E-state index contributed by atoms with van der Waals surface area (Å²) in [7, 11) is 0. The van der Waals surface area contributed by atoms with Crippen molar-refractivity contribution in [1.29, 1.82) is 0 Å². The van der Waals surface area contributed by atoms with Crippen LogP contribution in [0, 0.1) is 5.82 Å². The Morgan fingerprint density at radius 1 is 1.14 bits per heavy atom. The zero-order valence-corrected chi connectivity index (χ0v) is 20.2. The standard InChI is InChI=1S/C21H15Cl2FN6.C2HF3O2/c1-11(29-21-18-20(26-9-25-18)27-10-28-21)19-17(23)16-14(22)6-3-7-15(16)30(19)13-5-2-4-12(24)8-13;3-2(4,5)1(6)7/h2-11H,1H3,(H2,25,26,27,28,29);(H,6,7). The number of fused-ring (bicyclic) bond motifs is 2. The SMILES string of the molecule is CC(Nc1ncnc2nc[nH]c12)c1c(Cl)c2c(Cl)cccc2n1-c1cccc(F)c1.O=C(O)C(F)(F)F. The maximum absolute atomic E-state index is 14.0. The summed E-state index contributed by atoms with van der Waals surface area (Å²) in [4.78, 5) is 24.6. The molecule has 14 heteroatoms. The number of aromatic nitrogens is 5. The number of nitrogens with one attached hydrogen (secondary N) is 2. The number of anilines is 1. The third kappa shape index (κ3) is 5.30. The quantitative estimate of drug-likeness (QED) is 0.217. The summed E-state index contributed by atoms with van der Waals surface area (Å²) in [5.41, 5.74) is 3.41. The van der Waals surface area contributed by atoms with Crippen molar-refractivity contribution in [2.24, 2.45) is 0 Å². The molecule has 8 nitrogen and oxygen atoms in total. The first-order valence-corrected chi connectivity index (χ1v) is 11.2. The van der Waals surface area contributed by atoms with Gasteiger partial charge in [-0.1, -0.05) is 35.3 Å². The van der Waals surface area contributed by atoms with Gasteiger partial charge in [0.15, 0.2) is 11.5 Å². The van der Waals surface area contributed by atoms with E-state index in [0.29, 0.717) is 38.1 Å². The molecule has 0 saturated heterocycles. The highest BCUT2D eigenvalue weighted by Crippen LogP contribution is 2.41. The summed E-state index contributed by atoms with van der Waals surface area (Å²) < 4.78 is 47.7. The maximum atomic E-state index is 14.0. The Labute approximate surface area is 215 Å². The van der Waals surface area contributed by atoms with E-state index in [1.807, 2.05) is 29.7 Å². The Hall–Kier alpha value is -3.90. The Balaban J connectivity index is 0.000000405. The van der Waals surface area contributed by atoms with E-state index in [9.17, 15) is 17.6 Å². The van der Waals surface area contributed by atoms with E-state index in [2.05, 4.69) is 25.3 Å². The number of benzene rings is 2. The summed E-state index contributed by atoms with van der Waals surface area (Å²) in [6.45, 7) is 1.95. The lowest BCUT2D eigenvalue weighted by atomic mass is 10.2. The number of H-pyrrole nitrogens is 1. The lowest BCUT2D eigenvalue weighted by Gasteiger charge is -2.19. The predicted octanol–water partition coefficient (Wildman–Crippen LogP) is 6.55. The van der Waals surface area contributed by atoms with E-state index < -0.39 is 12.1 Å². The fourth-order valence-corrected chi connectivity index (χ4v) is 4.46. The topological polar surface area (TPSA) is 109 Å². The zero-order valence-electron chi connectivity index (χ0n) is 18.7. The molecular formula is C23H16Cl2F4N6O2. The van der Waals surface area contributed by atoms with E-state index >= 15 is 0 Å². The van der Waals surface area contributed by atoms with Gasteiger partial charge in [-0.25, -0.2) is 24.1 Å². The van der Waals surface area contributed by atoms with E-state index in [-0.39, 0.29) is 11.9 Å². The Kier molecular flexibility index (Phi) is 7.23. The summed E-state index contributed by atoms with van der Waals surface area (Å²) >= 11 is 13.3. The number of nitrogens with zero attached hydrogens (tertiary/aromatic N) is 4. The van der Waals surface area contributed by atoms with Crippen molar-refractivity contribution >= 4 is 57.1 Å². The second kappa shape index (κ2) is 10.2. The van der Waals surface area contributed by atoms with E-state index in [4.69, 9.17) is 33.1 Å². The second-order valence-corrected chi connectivity index (χ2v) is 8.43. The molecule has 0 aliphatic carbocycles. The van der Waals surface area contributed by atoms with Crippen molar-refractivity contribution in [3.63, 3.8) is 0 Å². The smallest absolute Gasteiger partial charge is 0.475 e. The number of aliphatic carboxylic acids is 1. The first kappa shape index (κ1) is 26.2. The molecule has 3 N–H and O–H groups in total. The van der Waals surface area contributed by atoms with Crippen molar-refractivity contribution in [1.82, 2.24) is 24.5 Å². The molecule has 0 bridgehead atoms. The molecule has 0 fully saturated rings. The molecule has 0 radical (unpaired) electrons. The van der Waals surface area contributed by atoms with E-state index in [1.54, 1.807) is 18.5 Å². The number of alkyl halides is 3. The van der Waals surface area contributed by atoms with Gasteiger partial charge >= 0.3 is 12.1 Å². The summed E-state index contributed by atoms with van der Waals surface area (Å²) in [6, 6.07) is 11.6. The fraction of sp³-hybridized carbons (Fsp3) is 0.130. The van der Waals surface area contributed by atoms with Gasteiger partial charge in [0, 0.05) is 11.1 Å². The van der Waals surface area contributed by atoms with Crippen LogP contribution >= 0.6 is 23.2 Å². The van der Waals surface area contributed by atoms with Crippen LogP contribution in [0.3, 0.4) is 0 Å². The van der Waals surface area contributed by atoms with Gasteiger partial charge in [0.25, 0.3) is 0 Å². The summed E-state index contributed by atoms with van der Waals surface area (Å²) in [5, 5.41) is 12.2. The number of imidazole rings is 1. The molecule has 0 saturated carbocycles. The lowest BCUT2D eigenvalue weighted by Crippen LogP contribution is -2.21. The van der Waals surface area contributed by atoms with Crippen molar-refractivity contribution in [3.8, 4) is 5.69 Å². The van der Waals surface area contributed by atoms with Gasteiger partial charge < -0.3 is 20.0 Å². The van der Waals surface area contributed by atoms with Gasteiger partial charge in [-0.2, -0.15) is 13.2 Å². The Morgan fingerprint density at radius 3 is 2.51 bits per heavy atom. The van der Waals surface area contributed by atoms with Crippen LogP contribution in [0.1, 0.15) is 18.7 Å². The van der Waals surface area contributed by atoms with Crippen molar-refractivity contribution in [3.05, 3.63) is 76.7 Å². The number of halogens is 6. The zero-order chi connectivity index (χ0) is 26.9. The summed E-state index contributed by atoms with van der Waals surface area (Å²) in [5.74, 6) is -2.51. The third-order valence-corrected chi connectivity index (χ3v) is 5.91. The number of hydrogen-bond acceptors (Lipinski definition) is 5. The minimum atomic E-state index is -5.08. The predicted molar refractivity (Wildman–Crippen MR) is 131 cm³/mol. The van der Waals surface area contributed by atoms with Gasteiger partial charge in [0.05, 0.1) is 33.6 Å². The van der Waals surface area contributed by atoms with Crippen molar-refractivity contribution in [2.75, 3.05) is 5.32 Å². The number of rotatable bonds is 4.